The predicted octanol–water partition coefficient (Wildman–Crippen LogP) is 2.82. The lowest BCUT2D eigenvalue weighted by molar-refractivity contribution is 0.283. The molecule has 2 N–H and O–H groups in total. The summed E-state index contributed by atoms with van der Waals surface area (Å²) in [5.41, 5.74) is 1.64. The van der Waals surface area contributed by atoms with Gasteiger partial charge in [-0.2, -0.15) is 0 Å². The van der Waals surface area contributed by atoms with Gasteiger partial charge in [0.1, 0.15) is 17.3 Å². The number of sulfonamides is 1. The summed E-state index contributed by atoms with van der Waals surface area (Å²) in [6, 6.07) is 12.4. The average Bonchev–Trinajstić information content (AvgIpc) is 2.66. The van der Waals surface area contributed by atoms with Crippen LogP contribution in [0.15, 0.2) is 52.4 Å². The molecule has 7 nitrogen and oxygen atoms in total. The summed E-state index contributed by atoms with van der Waals surface area (Å²) >= 11 is 0. The van der Waals surface area contributed by atoms with Crippen LogP contribution in [-0.4, -0.2) is 41.0 Å². The van der Waals surface area contributed by atoms with Gasteiger partial charge in [0.05, 0.1) is 20.3 Å². The molecule has 0 aliphatic carbocycles. The van der Waals surface area contributed by atoms with Crippen LogP contribution in [0.1, 0.15) is 19.4 Å². The Morgan fingerprint density at radius 2 is 1.75 bits per heavy atom. The van der Waals surface area contributed by atoms with Gasteiger partial charge in [0, 0.05) is 12.1 Å². The molecule has 0 heterocycles. The van der Waals surface area contributed by atoms with Crippen molar-refractivity contribution in [3.05, 3.63) is 48.0 Å². The van der Waals surface area contributed by atoms with Crippen LogP contribution in [0.5, 0.6) is 17.2 Å². The largest absolute Gasteiger partial charge is 0.495 e. The molecule has 0 unspecified atom stereocenters. The van der Waals surface area contributed by atoms with Crippen molar-refractivity contribution in [2.45, 2.75) is 25.2 Å². The summed E-state index contributed by atoms with van der Waals surface area (Å²) in [6.07, 6.45) is 0.502. The molecule has 0 amide bonds. The molecule has 152 valence electrons. The zero-order valence-corrected chi connectivity index (χ0v) is 17.2. The Morgan fingerprint density at radius 3 is 2.36 bits per heavy atom. The Morgan fingerprint density at radius 1 is 1.07 bits per heavy atom. The number of methoxy groups -OCH3 is 1. The van der Waals surface area contributed by atoms with Crippen LogP contribution >= 0.6 is 0 Å². The van der Waals surface area contributed by atoms with Crippen molar-refractivity contribution in [1.82, 2.24) is 0 Å². The predicted molar refractivity (Wildman–Crippen MR) is 109 cm³/mol. The number of hydrogen-bond donors (Lipinski definition) is 1. The van der Waals surface area contributed by atoms with Gasteiger partial charge in [-0.1, -0.05) is 18.2 Å². The number of nitrogens with zero attached hydrogens (tertiary/aromatic N) is 1. The van der Waals surface area contributed by atoms with E-state index in [9.17, 15) is 8.42 Å². The van der Waals surface area contributed by atoms with Crippen LogP contribution in [-0.2, 0) is 16.4 Å². The van der Waals surface area contributed by atoms with Gasteiger partial charge in [0.25, 0.3) is 0 Å². The van der Waals surface area contributed by atoms with E-state index in [1.807, 2.05) is 38.1 Å². The van der Waals surface area contributed by atoms with E-state index in [0.717, 1.165) is 11.3 Å². The van der Waals surface area contributed by atoms with E-state index >= 15 is 0 Å². The van der Waals surface area contributed by atoms with Gasteiger partial charge in [-0.3, -0.25) is 4.99 Å². The highest BCUT2D eigenvalue weighted by atomic mass is 32.2. The number of rotatable bonds is 10. The Labute approximate surface area is 166 Å². The molecular formula is C20H26N2O5S. The smallest absolute Gasteiger partial charge is 0.241 e. The first-order valence-corrected chi connectivity index (χ1v) is 10.4. The fourth-order valence-electron chi connectivity index (χ4n) is 2.64. The first kappa shape index (κ1) is 21.7. The highest BCUT2D eigenvalue weighted by Crippen LogP contribution is 2.26. The van der Waals surface area contributed by atoms with Gasteiger partial charge < -0.3 is 14.2 Å². The van der Waals surface area contributed by atoms with Crippen LogP contribution in [0.2, 0.25) is 0 Å². The molecule has 28 heavy (non-hydrogen) atoms. The second-order valence-electron chi connectivity index (χ2n) is 6.05. The fraction of sp³-hybridized carbons (Fsp3) is 0.350. The topological polar surface area (TPSA) is 100 Å². The minimum atomic E-state index is -3.86. The molecule has 2 aromatic rings. The zero-order valence-electron chi connectivity index (χ0n) is 16.3. The highest BCUT2D eigenvalue weighted by Gasteiger charge is 2.15. The van der Waals surface area contributed by atoms with Crippen LogP contribution in [0, 0.1) is 0 Å². The van der Waals surface area contributed by atoms with Gasteiger partial charge in [0.2, 0.25) is 10.0 Å². The molecule has 0 aromatic heterocycles. The first-order valence-electron chi connectivity index (χ1n) is 8.89. The third-order valence-electron chi connectivity index (χ3n) is 3.87. The van der Waals surface area contributed by atoms with Crippen molar-refractivity contribution >= 4 is 15.7 Å². The third kappa shape index (κ3) is 6.24. The molecular weight excluding hydrogens is 380 g/mol. The van der Waals surface area contributed by atoms with Gasteiger partial charge >= 0.3 is 0 Å². The van der Waals surface area contributed by atoms with Gasteiger partial charge in [-0.15, -0.1) is 0 Å². The molecule has 0 aliphatic rings. The van der Waals surface area contributed by atoms with Gasteiger partial charge in [-0.05, 0) is 43.7 Å². The summed E-state index contributed by atoms with van der Waals surface area (Å²) < 4.78 is 39.7. The molecule has 8 heteroatoms. The van der Waals surface area contributed by atoms with E-state index in [2.05, 4.69) is 4.99 Å². The van der Waals surface area contributed by atoms with Crippen molar-refractivity contribution in [2.24, 2.45) is 10.1 Å². The Bertz CT molecular complexity index is 926. The summed E-state index contributed by atoms with van der Waals surface area (Å²) in [7, 11) is -2.46. The molecule has 0 radical (unpaired) electrons. The summed E-state index contributed by atoms with van der Waals surface area (Å²) in [4.78, 5) is 4.45. The van der Waals surface area contributed by atoms with E-state index < -0.39 is 10.0 Å². The van der Waals surface area contributed by atoms with E-state index in [1.54, 1.807) is 12.1 Å². The van der Waals surface area contributed by atoms with Crippen LogP contribution in [0.4, 0.5) is 0 Å². The number of benzene rings is 2. The molecule has 2 rings (SSSR count). The van der Waals surface area contributed by atoms with Crippen molar-refractivity contribution in [3.63, 3.8) is 0 Å². The van der Waals surface area contributed by atoms with Crippen molar-refractivity contribution in [1.29, 1.82) is 0 Å². The maximum absolute atomic E-state index is 11.7. The lowest BCUT2D eigenvalue weighted by Crippen LogP contribution is -2.14. The van der Waals surface area contributed by atoms with Gasteiger partial charge in [-0.25, -0.2) is 13.6 Å². The van der Waals surface area contributed by atoms with E-state index in [0.29, 0.717) is 37.7 Å². The molecule has 0 atom stereocenters. The number of para-hydroxylation sites is 2. The Kier molecular flexibility index (Phi) is 7.83. The molecule has 0 saturated heterocycles. The summed E-state index contributed by atoms with van der Waals surface area (Å²) in [6.45, 7) is 5.26. The number of nitrogens with two attached hydrogens (primary N) is 1. The normalized spacial score (nSPS) is 11.9. The standard InChI is InChI=1S/C20H26N2O5S/c1-4-26-17-7-5-6-8-18(17)27-12-11-22-15(2)13-16-9-10-19(25-3)20(14-16)28(21,23)24/h5-10,14H,4,11-13H2,1-3H3,(H2,21,23,24). The first-order chi connectivity index (χ1) is 13.3. The van der Waals surface area contributed by atoms with E-state index in [4.69, 9.17) is 19.3 Å². The number of primary sulfonamides is 1. The second-order valence-corrected chi connectivity index (χ2v) is 7.58. The van der Waals surface area contributed by atoms with Crippen molar-refractivity contribution in [3.8, 4) is 17.2 Å². The molecule has 2 aromatic carbocycles. The third-order valence-corrected chi connectivity index (χ3v) is 4.81. The van der Waals surface area contributed by atoms with Crippen LogP contribution in [0.3, 0.4) is 0 Å². The minimum Gasteiger partial charge on any atom is -0.495 e. The molecule has 0 fully saturated rings. The Balaban J connectivity index is 1.96. The highest BCUT2D eigenvalue weighted by molar-refractivity contribution is 7.89. The molecule has 0 spiro atoms. The lowest BCUT2D eigenvalue weighted by Gasteiger charge is -2.11. The second kappa shape index (κ2) is 10.1. The lowest BCUT2D eigenvalue weighted by atomic mass is 10.1. The van der Waals surface area contributed by atoms with Crippen LogP contribution in [0.25, 0.3) is 0 Å². The maximum atomic E-state index is 11.7. The maximum Gasteiger partial charge on any atom is 0.241 e. The monoisotopic (exact) mass is 406 g/mol. The number of ether oxygens (including phenoxy) is 3. The molecule has 0 saturated carbocycles. The number of aliphatic imine (C=N–C) groups is 1. The summed E-state index contributed by atoms with van der Waals surface area (Å²) in [5, 5.41) is 5.26. The molecule has 0 aliphatic heterocycles. The quantitative estimate of drug-likeness (QED) is 0.483. The van der Waals surface area contributed by atoms with E-state index in [-0.39, 0.29) is 10.6 Å². The van der Waals surface area contributed by atoms with E-state index in [1.165, 1.54) is 13.2 Å². The van der Waals surface area contributed by atoms with Crippen LogP contribution < -0.4 is 19.3 Å². The van der Waals surface area contributed by atoms with Crippen molar-refractivity contribution < 1.29 is 22.6 Å². The zero-order chi connectivity index (χ0) is 20.6. The fourth-order valence-corrected chi connectivity index (χ4v) is 3.39. The number of hydrogen-bond acceptors (Lipinski definition) is 6. The SMILES string of the molecule is CCOc1ccccc1OCCN=C(C)Cc1ccc(OC)c(S(N)(=O)=O)c1. The Hall–Kier alpha value is -2.58. The van der Waals surface area contributed by atoms with Crippen molar-refractivity contribution in [2.75, 3.05) is 26.9 Å². The average molecular weight is 407 g/mol. The summed E-state index contributed by atoms with van der Waals surface area (Å²) in [5.74, 6) is 1.62. The molecule has 0 bridgehead atoms. The van der Waals surface area contributed by atoms with Gasteiger partial charge in [0.15, 0.2) is 11.5 Å². The minimum absolute atomic E-state index is 0.0313.